The van der Waals surface area contributed by atoms with Crippen LogP contribution >= 0.6 is 8.46 Å². The molecule has 0 aromatic carbocycles. The Morgan fingerprint density at radius 3 is 1.75 bits per heavy atom. The smallest absolute Gasteiger partial charge is 0.168 e. The summed E-state index contributed by atoms with van der Waals surface area (Å²) in [5.41, 5.74) is 0. The van der Waals surface area contributed by atoms with Gasteiger partial charge < -0.3 is 9.47 Å². The van der Waals surface area contributed by atoms with Gasteiger partial charge in [-0.05, 0) is 27.7 Å². The first-order valence-electron chi connectivity index (χ1n) is 4.16. The van der Waals surface area contributed by atoms with Crippen LogP contribution in [0.15, 0.2) is 0 Å². The van der Waals surface area contributed by atoms with Crippen LogP contribution in [0.4, 0.5) is 0 Å². The second kappa shape index (κ2) is 6.53. The summed E-state index contributed by atoms with van der Waals surface area (Å²) in [6, 6.07) is 0. The Balaban J connectivity index is 3.77. The van der Waals surface area contributed by atoms with Crippen LogP contribution in [0.25, 0.3) is 0 Å². The molecule has 0 aromatic rings. The molecule has 0 atom stereocenters. The van der Waals surface area contributed by atoms with Crippen molar-refractivity contribution in [1.29, 1.82) is 0 Å². The van der Waals surface area contributed by atoms with Crippen molar-refractivity contribution in [2.45, 2.75) is 46.2 Å². The second-order valence-corrected chi connectivity index (χ2v) is 3.73. The van der Waals surface area contributed by atoms with Crippen LogP contribution in [0.3, 0.4) is 0 Å². The highest BCUT2D eigenvalue weighted by molar-refractivity contribution is 7.23. The van der Waals surface area contributed by atoms with Crippen molar-refractivity contribution in [2.24, 2.45) is 0 Å². The lowest BCUT2D eigenvalue weighted by molar-refractivity contribution is -0.167. The van der Waals surface area contributed by atoms with E-state index in [0.29, 0.717) is 6.16 Å². The van der Waals surface area contributed by atoms with E-state index in [1.54, 1.807) is 0 Å². The number of rotatable bonds is 6. The van der Waals surface area contributed by atoms with Gasteiger partial charge in [0.15, 0.2) is 14.8 Å². The zero-order valence-electron chi connectivity index (χ0n) is 8.11. The largest absolute Gasteiger partial charge is 0.349 e. The molecular formula is C8H17O3P. The van der Waals surface area contributed by atoms with Gasteiger partial charge in [-0.3, -0.25) is 4.57 Å². The highest BCUT2D eigenvalue weighted by atomic mass is 31.1. The molecule has 0 bridgehead atoms. The van der Waals surface area contributed by atoms with Crippen LogP contribution in [0.2, 0.25) is 0 Å². The molecule has 0 saturated carbocycles. The Kier molecular flexibility index (Phi) is 6.54. The van der Waals surface area contributed by atoms with E-state index in [1.807, 2.05) is 27.7 Å². The van der Waals surface area contributed by atoms with Crippen molar-refractivity contribution in [3.05, 3.63) is 0 Å². The lowest BCUT2D eigenvalue weighted by Crippen LogP contribution is -2.25. The van der Waals surface area contributed by atoms with Crippen LogP contribution in [-0.2, 0) is 14.0 Å². The van der Waals surface area contributed by atoms with E-state index in [0.717, 1.165) is 0 Å². The van der Waals surface area contributed by atoms with Gasteiger partial charge in [-0.25, -0.2) is 0 Å². The SMILES string of the molecule is CC(C)OC(CP=O)OC(C)C. The van der Waals surface area contributed by atoms with E-state index in [-0.39, 0.29) is 27.0 Å². The first-order chi connectivity index (χ1) is 5.56. The maximum absolute atomic E-state index is 10.3. The Hall–Kier alpha value is 0.0200. The predicted octanol–water partition coefficient (Wildman–Crippen LogP) is 2.45. The van der Waals surface area contributed by atoms with Crippen LogP contribution < -0.4 is 0 Å². The third kappa shape index (κ3) is 6.71. The van der Waals surface area contributed by atoms with Gasteiger partial charge in [0.2, 0.25) is 0 Å². The monoisotopic (exact) mass is 192 g/mol. The van der Waals surface area contributed by atoms with Crippen molar-refractivity contribution in [2.75, 3.05) is 6.16 Å². The van der Waals surface area contributed by atoms with Gasteiger partial charge in [0, 0.05) is 0 Å². The zero-order valence-corrected chi connectivity index (χ0v) is 9.01. The molecule has 0 rings (SSSR count). The lowest BCUT2D eigenvalue weighted by atomic mass is 10.4. The van der Waals surface area contributed by atoms with Crippen LogP contribution in [0.5, 0.6) is 0 Å². The molecule has 0 fully saturated rings. The first-order valence-corrected chi connectivity index (χ1v) is 5.16. The van der Waals surface area contributed by atoms with Gasteiger partial charge in [0.25, 0.3) is 0 Å². The molecule has 0 N–H and O–H groups in total. The third-order valence-corrected chi connectivity index (χ3v) is 1.52. The summed E-state index contributed by atoms with van der Waals surface area (Å²) in [6.45, 7) is 7.72. The molecule has 0 saturated heterocycles. The van der Waals surface area contributed by atoms with E-state index in [9.17, 15) is 4.57 Å². The normalized spacial score (nSPS) is 12.2. The third-order valence-electron chi connectivity index (χ3n) is 1.07. The highest BCUT2D eigenvalue weighted by Crippen LogP contribution is 2.08. The van der Waals surface area contributed by atoms with E-state index in [4.69, 9.17) is 9.47 Å². The Morgan fingerprint density at radius 2 is 1.50 bits per heavy atom. The predicted molar refractivity (Wildman–Crippen MR) is 48.7 cm³/mol. The van der Waals surface area contributed by atoms with Gasteiger partial charge in [-0.2, -0.15) is 0 Å². The van der Waals surface area contributed by atoms with Crippen molar-refractivity contribution >= 4 is 8.46 Å². The summed E-state index contributed by atoms with van der Waals surface area (Å²) in [4.78, 5) is 0. The molecule has 0 radical (unpaired) electrons. The summed E-state index contributed by atoms with van der Waals surface area (Å²) in [6.07, 6.45) is 0.270. The van der Waals surface area contributed by atoms with Crippen LogP contribution in [-0.4, -0.2) is 24.7 Å². The average molecular weight is 192 g/mol. The van der Waals surface area contributed by atoms with Gasteiger partial charge >= 0.3 is 0 Å². The van der Waals surface area contributed by atoms with Gasteiger partial charge in [0.05, 0.1) is 18.4 Å². The fourth-order valence-electron chi connectivity index (χ4n) is 0.786. The Morgan fingerprint density at radius 1 is 1.08 bits per heavy atom. The zero-order chi connectivity index (χ0) is 9.56. The summed E-state index contributed by atoms with van der Waals surface area (Å²) in [7, 11) is 0.0654. The molecule has 0 unspecified atom stereocenters. The topological polar surface area (TPSA) is 35.5 Å². The molecule has 0 aromatic heterocycles. The Bertz CT molecular complexity index is 115. The van der Waals surface area contributed by atoms with Crippen molar-refractivity contribution in [3.63, 3.8) is 0 Å². The van der Waals surface area contributed by atoms with Crippen LogP contribution in [0, 0.1) is 0 Å². The summed E-state index contributed by atoms with van der Waals surface area (Å²) in [5, 5.41) is 0. The molecule has 72 valence electrons. The molecule has 0 aliphatic carbocycles. The standard InChI is InChI=1S/C8H17O3P/c1-6(2)10-8(5-12-9)11-7(3)4/h6-8H,5H2,1-4H3. The van der Waals surface area contributed by atoms with Gasteiger partial charge in [-0.15, -0.1) is 0 Å². The molecule has 12 heavy (non-hydrogen) atoms. The van der Waals surface area contributed by atoms with Crippen LogP contribution in [0.1, 0.15) is 27.7 Å². The first kappa shape index (κ1) is 12.0. The quantitative estimate of drug-likeness (QED) is 0.479. The van der Waals surface area contributed by atoms with E-state index in [1.165, 1.54) is 0 Å². The number of ether oxygens (including phenoxy) is 2. The van der Waals surface area contributed by atoms with Gasteiger partial charge in [-0.1, -0.05) is 0 Å². The molecule has 0 spiro atoms. The minimum absolute atomic E-state index is 0.0654. The van der Waals surface area contributed by atoms with Crippen molar-refractivity contribution < 1.29 is 14.0 Å². The molecular weight excluding hydrogens is 175 g/mol. The minimum Gasteiger partial charge on any atom is -0.349 e. The molecule has 3 nitrogen and oxygen atoms in total. The molecule has 0 aliphatic heterocycles. The van der Waals surface area contributed by atoms with E-state index in [2.05, 4.69) is 0 Å². The summed E-state index contributed by atoms with van der Waals surface area (Å²) < 4.78 is 21.1. The molecule has 0 aliphatic rings. The fourth-order valence-corrected chi connectivity index (χ4v) is 1.08. The summed E-state index contributed by atoms with van der Waals surface area (Å²) >= 11 is 0. The van der Waals surface area contributed by atoms with Crippen molar-refractivity contribution in [3.8, 4) is 0 Å². The summed E-state index contributed by atoms with van der Waals surface area (Å²) in [5.74, 6) is 0. The Labute approximate surface area is 75.6 Å². The maximum Gasteiger partial charge on any atom is 0.168 e. The molecule has 0 amide bonds. The second-order valence-electron chi connectivity index (χ2n) is 3.11. The minimum atomic E-state index is -0.343. The van der Waals surface area contributed by atoms with Crippen molar-refractivity contribution in [1.82, 2.24) is 0 Å². The van der Waals surface area contributed by atoms with Gasteiger partial charge in [0.1, 0.15) is 0 Å². The number of hydrogen-bond donors (Lipinski definition) is 0. The fraction of sp³-hybridized carbons (Fsp3) is 1.00. The highest BCUT2D eigenvalue weighted by Gasteiger charge is 2.12. The number of hydrogen-bond acceptors (Lipinski definition) is 3. The molecule has 0 heterocycles. The molecule has 4 heteroatoms. The average Bonchev–Trinajstić information content (AvgIpc) is 1.84. The van der Waals surface area contributed by atoms with E-state index < -0.39 is 0 Å². The van der Waals surface area contributed by atoms with E-state index >= 15 is 0 Å². The lowest BCUT2D eigenvalue weighted by Gasteiger charge is -2.20. The maximum atomic E-state index is 10.3.